The van der Waals surface area contributed by atoms with Crippen molar-refractivity contribution in [3.63, 3.8) is 0 Å². The van der Waals surface area contributed by atoms with E-state index in [1.54, 1.807) is 13.2 Å². The van der Waals surface area contributed by atoms with Crippen LogP contribution in [0, 0.1) is 12.8 Å². The van der Waals surface area contributed by atoms with Gasteiger partial charge in [0.15, 0.2) is 5.11 Å². The van der Waals surface area contributed by atoms with Crippen LogP contribution in [0.5, 0.6) is 5.75 Å². The van der Waals surface area contributed by atoms with Gasteiger partial charge in [0.05, 0.1) is 24.0 Å². The molecule has 28 heavy (non-hydrogen) atoms. The maximum absolute atomic E-state index is 12.7. The quantitative estimate of drug-likeness (QED) is 0.751. The van der Waals surface area contributed by atoms with Gasteiger partial charge in [-0.05, 0) is 61.7 Å². The fourth-order valence-electron chi connectivity index (χ4n) is 3.53. The standard InChI is InChI=1S/C22H27N3O2S/c1-15-11-13-25(14-12-15)19-10-5-4-9-18(19)23-22(28)24-21(26)17-8-6-7-16(2)20(17)27-3/h4-10,15H,11-14H2,1-3H3,(H2,23,24,26,28). The summed E-state index contributed by atoms with van der Waals surface area (Å²) in [6.45, 7) is 6.26. The molecule has 0 bridgehead atoms. The summed E-state index contributed by atoms with van der Waals surface area (Å²) in [5.74, 6) is 1.04. The minimum absolute atomic E-state index is 0.270. The van der Waals surface area contributed by atoms with E-state index in [-0.39, 0.29) is 11.0 Å². The summed E-state index contributed by atoms with van der Waals surface area (Å²) in [5, 5.41) is 6.23. The lowest BCUT2D eigenvalue weighted by molar-refractivity contribution is 0.0974. The van der Waals surface area contributed by atoms with Crippen molar-refractivity contribution >= 4 is 34.6 Å². The fourth-order valence-corrected chi connectivity index (χ4v) is 3.73. The number of ether oxygens (including phenoxy) is 1. The van der Waals surface area contributed by atoms with Crippen molar-refractivity contribution in [1.29, 1.82) is 0 Å². The summed E-state index contributed by atoms with van der Waals surface area (Å²) in [6.07, 6.45) is 2.37. The minimum Gasteiger partial charge on any atom is -0.496 e. The summed E-state index contributed by atoms with van der Waals surface area (Å²) in [5.41, 5.74) is 3.38. The van der Waals surface area contributed by atoms with Crippen LogP contribution >= 0.6 is 12.2 Å². The number of nitrogens with zero attached hydrogens (tertiary/aromatic N) is 1. The Morgan fingerprint density at radius 1 is 1.14 bits per heavy atom. The lowest BCUT2D eigenvalue weighted by atomic mass is 9.98. The highest BCUT2D eigenvalue weighted by Crippen LogP contribution is 2.29. The Labute approximate surface area is 172 Å². The van der Waals surface area contributed by atoms with Gasteiger partial charge in [0.25, 0.3) is 5.91 Å². The first-order chi connectivity index (χ1) is 13.5. The number of anilines is 2. The first-order valence-electron chi connectivity index (χ1n) is 9.59. The number of carbonyl (C=O) groups is 1. The third-order valence-corrected chi connectivity index (χ3v) is 5.37. The molecule has 148 valence electrons. The smallest absolute Gasteiger partial charge is 0.261 e. The van der Waals surface area contributed by atoms with Gasteiger partial charge in [-0.2, -0.15) is 0 Å². The van der Waals surface area contributed by atoms with Gasteiger partial charge < -0.3 is 15.0 Å². The Morgan fingerprint density at radius 2 is 1.86 bits per heavy atom. The molecule has 3 rings (SSSR count). The minimum atomic E-state index is -0.290. The van der Waals surface area contributed by atoms with Crippen LogP contribution in [0.3, 0.4) is 0 Å². The number of carbonyl (C=O) groups excluding carboxylic acids is 1. The molecule has 0 aromatic heterocycles. The highest BCUT2D eigenvalue weighted by Gasteiger charge is 2.19. The van der Waals surface area contributed by atoms with Crippen molar-refractivity contribution < 1.29 is 9.53 Å². The van der Waals surface area contributed by atoms with E-state index in [9.17, 15) is 4.79 Å². The summed E-state index contributed by atoms with van der Waals surface area (Å²) < 4.78 is 5.37. The van der Waals surface area contributed by atoms with Crippen LogP contribution in [0.25, 0.3) is 0 Å². The van der Waals surface area contributed by atoms with E-state index in [0.717, 1.165) is 35.9 Å². The van der Waals surface area contributed by atoms with Crippen LogP contribution in [0.15, 0.2) is 42.5 Å². The second-order valence-corrected chi connectivity index (χ2v) is 7.66. The van der Waals surface area contributed by atoms with Gasteiger partial charge in [-0.1, -0.05) is 31.2 Å². The van der Waals surface area contributed by atoms with Gasteiger partial charge in [-0.25, -0.2) is 0 Å². The van der Waals surface area contributed by atoms with Crippen molar-refractivity contribution in [2.24, 2.45) is 5.92 Å². The lowest BCUT2D eigenvalue weighted by Gasteiger charge is -2.33. The highest BCUT2D eigenvalue weighted by molar-refractivity contribution is 7.80. The van der Waals surface area contributed by atoms with Crippen molar-refractivity contribution in [3.8, 4) is 5.75 Å². The summed E-state index contributed by atoms with van der Waals surface area (Å²) in [4.78, 5) is 15.0. The molecule has 0 aliphatic carbocycles. The number of thiocarbonyl (C=S) groups is 1. The zero-order valence-electron chi connectivity index (χ0n) is 16.6. The monoisotopic (exact) mass is 397 g/mol. The maximum atomic E-state index is 12.7. The van der Waals surface area contributed by atoms with Gasteiger partial charge in [-0.3, -0.25) is 10.1 Å². The van der Waals surface area contributed by atoms with Crippen LogP contribution in [-0.4, -0.2) is 31.2 Å². The molecule has 1 heterocycles. The largest absolute Gasteiger partial charge is 0.496 e. The number of benzene rings is 2. The topological polar surface area (TPSA) is 53.6 Å². The van der Waals surface area contributed by atoms with E-state index in [2.05, 4.69) is 28.5 Å². The third kappa shape index (κ3) is 4.62. The molecular formula is C22H27N3O2S. The molecule has 0 spiro atoms. The molecule has 1 saturated heterocycles. The molecule has 1 aliphatic heterocycles. The second-order valence-electron chi connectivity index (χ2n) is 7.25. The van der Waals surface area contributed by atoms with Gasteiger partial charge in [0, 0.05) is 13.1 Å². The number of nitrogens with one attached hydrogen (secondary N) is 2. The van der Waals surface area contributed by atoms with Crippen LogP contribution in [0.4, 0.5) is 11.4 Å². The van der Waals surface area contributed by atoms with E-state index in [1.807, 2.05) is 37.3 Å². The summed E-state index contributed by atoms with van der Waals surface area (Å²) in [6, 6.07) is 13.5. The van der Waals surface area contributed by atoms with Crippen molar-refractivity contribution in [1.82, 2.24) is 5.32 Å². The Balaban J connectivity index is 1.71. The molecule has 2 aromatic rings. The van der Waals surface area contributed by atoms with E-state index in [0.29, 0.717) is 11.3 Å². The lowest BCUT2D eigenvalue weighted by Crippen LogP contribution is -2.36. The predicted molar refractivity (Wildman–Crippen MR) is 118 cm³/mol. The Hall–Kier alpha value is -2.60. The fraction of sp³-hybridized carbons (Fsp3) is 0.364. The summed E-state index contributed by atoms with van der Waals surface area (Å²) in [7, 11) is 1.56. The molecule has 1 fully saturated rings. The van der Waals surface area contributed by atoms with Crippen LogP contribution in [0.1, 0.15) is 35.7 Å². The van der Waals surface area contributed by atoms with Crippen molar-refractivity contribution in [2.45, 2.75) is 26.7 Å². The molecule has 1 aliphatic rings. The summed E-state index contributed by atoms with van der Waals surface area (Å²) >= 11 is 5.40. The molecule has 0 unspecified atom stereocenters. The van der Waals surface area contributed by atoms with Gasteiger partial charge in [-0.15, -0.1) is 0 Å². The van der Waals surface area contributed by atoms with Gasteiger partial charge in [0.1, 0.15) is 5.75 Å². The molecule has 6 heteroatoms. The van der Waals surface area contributed by atoms with Crippen LogP contribution < -0.4 is 20.3 Å². The Kier molecular flexibility index (Phi) is 6.52. The van der Waals surface area contributed by atoms with Crippen molar-refractivity contribution in [3.05, 3.63) is 53.6 Å². The van der Waals surface area contributed by atoms with Gasteiger partial charge in [0.2, 0.25) is 0 Å². The maximum Gasteiger partial charge on any atom is 0.261 e. The van der Waals surface area contributed by atoms with E-state index in [1.165, 1.54) is 12.8 Å². The van der Waals surface area contributed by atoms with E-state index in [4.69, 9.17) is 17.0 Å². The Bertz CT molecular complexity index is 861. The molecular weight excluding hydrogens is 370 g/mol. The average Bonchev–Trinajstić information content (AvgIpc) is 2.69. The number of rotatable bonds is 4. The van der Waals surface area contributed by atoms with E-state index >= 15 is 0 Å². The first-order valence-corrected chi connectivity index (χ1v) is 10.0. The molecule has 2 aromatic carbocycles. The molecule has 1 amide bonds. The molecule has 5 nitrogen and oxygen atoms in total. The molecule has 2 N–H and O–H groups in total. The van der Waals surface area contributed by atoms with Crippen molar-refractivity contribution in [2.75, 3.05) is 30.4 Å². The molecule has 0 radical (unpaired) electrons. The van der Waals surface area contributed by atoms with E-state index < -0.39 is 0 Å². The molecule has 0 atom stereocenters. The van der Waals surface area contributed by atoms with Crippen LogP contribution in [-0.2, 0) is 0 Å². The first kappa shape index (κ1) is 20.1. The number of amides is 1. The van der Waals surface area contributed by atoms with Gasteiger partial charge >= 0.3 is 0 Å². The highest BCUT2D eigenvalue weighted by atomic mass is 32.1. The number of aryl methyl sites for hydroxylation is 1. The normalized spacial score (nSPS) is 14.5. The number of para-hydroxylation sites is 3. The zero-order chi connectivity index (χ0) is 20.1. The number of hydrogen-bond donors (Lipinski definition) is 2. The number of hydrogen-bond acceptors (Lipinski definition) is 4. The average molecular weight is 398 g/mol. The van der Waals surface area contributed by atoms with Crippen LogP contribution in [0.2, 0.25) is 0 Å². The SMILES string of the molecule is COc1c(C)cccc1C(=O)NC(=S)Nc1ccccc1N1CCC(C)CC1. The second kappa shape index (κ2) is 9.06. The number of piperidine rings is 1. The Morgan fingerprint density at radius 3 is 2.57 bits per heavy atom. The zero-order valence-corrected chi connectivity index (χ0v) is 17.4. The predicted octanol–water partition coefficient (Wildman–Crippen LogP) is 4.37. The number of methoxy groups -OCH3 is 1. The third-order valence-electron chi connectivity index (χ3n) is 5.16. The molecule has 0 saturated carbocycles.